The predicted molar refractivity (Wildman–Crippen MR) is 216 cm³/mol. The second-order valence-electron chi connectivity index (χ2n) is 16.4. The minimum atomic E-state index is -0.448. The Morgan fingerprint density at radius 3 is 2.00 bits per heavy atom. The van der Waals surface area contributed by atoms with Gasteiger partial charge in [0.25, 0.3) is 0 Å². The number of aromatic amines is 2. The van der Waals surface area contributed by atoms with Crippen LogP contribution >= 0.6 is 0 Å². The lowest BCUT2D eigenvalue weighted by Gasteiger charge is -2.39. The number of benzene rings is 2. The maximum absolute atomic E-state index is 14.5. The largest absolute Gasteiger partial charge is 0.357 e. The Morgan fingerprint density at radius 2 is 1.39 bits per heavy atom. The lowest BCUT2D eigenvalue weighted by atomic mass is 10.0. The van der Waals surface area contributed by atoms with Crippen molar-refractivity contribution in [1.29, 1.82) is 0 Å². The number of carbonyl (C=O) groups is 4. The molecule has 5 aliphatic rings. The first-order valence-corrected chi connectivity index (χ1v) is 20.7. The number of likely N-dealkylation sites (tertiary alicyclic amines) is 2. The number of halogens is 1. The number of hydrogen-bond acceptors (Lipinski definition) is 4. The normalized spacial score (nSPS) is 20.7. The summed E-state index contributed by atoms with van der Waals surface area (Å²) in [4.78, 5) is 63.2. The highest BCUT2D eigenvalue weighted by molar-refractivity contribution is 5.83. The minimum absolute atomic E-state index is 0.0152. The quantitative estimate of drug-likeness (QED) is 0.121. The van der Waals surface area contributed by atoms with Gasteiger partial charge in [0.2, 0.25) is 0 Å². The highest BCUT2D eigenvalue weighted by atomic mass is 19.1. The van der Waals surface area contributed by atoms with E-state index in [2.05, 4.69) is 50.2 Å². The summed E-state index contributed by atoms with van der Waals surface area (Å²) in [5.74, 6) is 0.408. The molecule has 7 N–H and O–H groups in total. The van der Waals surface area contributed by atoms with Crippen molar-refractivity contribution in [2.45, 2.75) is 107 Å². The van der Waals surface area contributed by atoms with Gasteiger partial charge in [-0.05, 0) is 111 Å². The molecule has 4 aromatic rings. The number of hydrogen-bond donors (Lipinski definition) is 6. The van der Waals surface area contributed by atoms with Crippen molar-refractivity contribution in [1.82, 2.24) is 45.5 Å². The number of rotatable bonds is 9. The van der Waals surface area contributed by atoms with Gasteiger partial charge in [0.05, 0.1) is 30.9 Å². The molecule has 0 radical (unpaired) electrons. The molecule has 14 nitrogen and oxygen atoms in total. The van der Waals surface area contributed by atoms with Crippen molar-refractivity contribution in [2.24, 2.45) is 5.73 Å². The molecule has 2 aromatic heterocycles. The molecule has 0 unspecified atom stereocenters. The Morgan fingerprint density at radius 1 is 0.754 bits per heavy atom. The van der Waals surface area contributed by atoms with Crippen LogP contribution in [-0.4, -0.2) is 111 Å². The van der Waals surface area contributed by atoms with E-state index in [1.54, 1.807) is 30.1 Å². The molecule has 0 spiro atoms. The second-order valence-corrected chi connectivity index (χ2v) is 16.4. The topological polar surface area (TPSA) is 175 Å². The molecule has 2 saturated heterocycles. The molecular weight excluding hydrogens is 728 g/mol. The third kappa shape index (κ3) is 8.92. The van der Waals surface area contributed by atoms with Gasteiger partial charge in [-0.1, -0.05) is 18.2 Å². The van der Waals surface area contributed by atoms with Crippen molar-refractivity contribution in [3.05, 3.63) is 71.3 Å². The third-order valence-corrected chi connectivity index (χ3v) is 12.1. The van der Waals surface area contributed by atoms with Gasteiger partial charge in [-0.3, -0.25) is 0 Å². The number of piperidine rings is 2. The molecule has 15 heteroatoms. The number of nitrogens with two attached hydrogens (primary N) is 1. The number of nitrogens with one attached hydrogen (secondary N) is 5. The Kier molecular flexibility index (Phi) is 11.2. The average Bonchev–Trinajstić information content (AvgIpc) is 4.12. The van der Waals surface area contributed by atoms with Crippen LogP contribution in [0.25, 0.3) is 21.8 Å². The number of amides is 8. The van der Waals surface area contributed by atoms with Crippen molar-refractivity contribution < 1.29 is 23.6 Å². The van der Waals surface area contributed by atoms with E-state index in [0.717, 1.165) is 75.0 Å². The summed E-state index contributed by atoms with van der Waals surface area (Å²) < 4.78 is 14.5. The summed E-state index contributed by atoms with van der Waals surface area (Å²) in [5, 5.41) is 10.4. The number of carbonyl (C=O) groups excluding carboxylic acids is 4. The molecule has 2 atom stereocenters. The van der Waals surface area contributed by atoms with Crippen LogP contribution in [0.15, 0.2) is 48.5 Å². The standard InChI is InChI=1S/C23H31N5O2.C19H24FN5O2/c1-24-22(29)27-10-2-3-20(14-27)28(19-7-8-19)23(30)25-13-18-12-17-11-16(15-4-5-15)6-9-21(17)26-18;20-17-14-5-1-2-6-15(14)23-16(17)10-22-19(27)25(12-7-8-12)13-4-3-9-24(11-13)18(21)26/h6,9,11-12,15,19-20,26H,2-5,7-8,10,13-14H2,1H3,(H,24,29)(H,25,30);1-2,5-6,12-13,23H,3-4,7-11H2,(H2,21,26)(H,22,27)/t20-;13-/m11/s1. The van der Waals surface area contributed by atoms with Crippen molar-refractivity contribution in [2.75, 3.05) is 33.2 Å². The highest BCUT2D eigenvalue weighted by Crippen LogP contribution is 2.41. The van der Waals surface area contributed by atoms with E-state index < -0.39 is 6.03 Å². The van der Waals surface area contributed by atoms with Crippen LogP contribution in [0.1, 0.15) is 87.1 Å². The summed E-state index contributed by atoms with van der Waals surface area (Å²) >= 11 is 0. The van der Waals surface area contributed by atoms with Crippen LogP contribution < -0.4 is 21.7 Å². The molecule has 9 rings (SSSR count). The molecule has 2 aromatic carbocycles. The van der Waals surface area contributed by atoms with E-state index in [4.69, 9.17) is 5.73 Å². The molecule has 2 aliphatic heterocycles. The number of aromatic nitrogens is 2. The third-order valence-electron chi connectivity index (χ3n) is 12.1. The van der Waals surface area contributed by atoms with Gasteiger partial charge in [0.1, 0.15) is 0 Å². The number of H-pyrrole nitrogens is 2. The number of primary amides is 1. The molecule has 3 aliphatic carbocycles. The summed E-state index contributed by atoms with van der Waals surface area (Å²) in [7, 11) is 1.66. The summed E-state index contributed by atoms with van der Waals surface area (Å²) in [5.41, 5.74) is 10.1. The number of nitrogens with zero attached hydrogens (tertiary/aromatic N) is 4. The molecule has 5 fully saturated rings. The maximum Gasteiger partial charge on any atom is 0.318 e. The smallest absolute Gasteiger partial charge is 0.318 e. The van der Waals surface area contributed by atoms with Crippen molar-refractivity contribution in [3.8, 4) is 0 Å². The summed E-state index contributed by atoms with van der Waals surface area (Å²) in [6, 6.07) is 15.7. The predicted octanol–water partition coefficient (Wildman–Crippen LogP) is 6.05. The van der Waals surface area contributed by atoms with Gasteiger partial charge >= 0.3 is 24.1 Å². The fraction of sp³-hybridized carbons (Fsp3) is 0.524. The molecule has 3 saturated carbocycles. The van der Waals surface area contributed by atoms with Gasteiger partial charge in [-0.2, -0.15) is 0 Å². The zero-order chi connectivity index (χ0) is 39.6. The molecule has 4 heterocycles. The second kappa shape index (κ2) is 16.6. The monoisotopic (exact) mass is 782 g/mol. The number of fused-ring (bicyclic) bond motifs is 2. The molecule has 57 heavy (non-hydrogen) atoms. The minimum Gasteiger partial charge on any atom is -0.357 e. The van der Waals surface area contributed by atoms with Gasteiger partial charge in [0.15, 0.2) is 5.82 Å². The summed E-state index contributed by atoms with van der Waals surface area (Å²) in [6.07, 6.45) is 10.2. The first kappa shape index (κ1) is 38.4. The van der Waals surface area contributed by atoms with E-state index in [1.165, 1.54) is 23.8 Å². The Balaban J connectivity index is 0.000000161. The first-order valence-electron chi connectivity index (χ1n) is 20.7. The van der Waals surface area contributed by atoms with Crippen LogP contribution in [0.4, 0.5) is 23.6 Å². The van der Waals surface area contributed by atoms with Crippen LogP contribution in [0.5, 0.6) is 0 Å². The number of para-hydroxylation sites is 1. The van der Waals surface area contributed by atoms with Crippen LogP contribution in [0.3, 0.4) is 0 Å². The van der Waals surface area contributed by atoms with Gasteiger partial charge < -0.3 is 51.3 Å². The number of urea groups is 4. The van der Waals surface area contributed by atoms with Gasteiger partial charge in [0, 0.05) is 67.4 Å². The van der Waals surface area contributed by atoms with Gasteiger partial charge in [-0.25, -0.2) is 23.6 Å². The molecule has 8 amide bonds. The van der Waals surface area contributed by atoms with Gasteiger partial charge in [-0.15, -0.1) is 0 Å². The van der Waals surface area contributed by atoms with Crippen LogP contribution in [-0.2, 0) is 13.1 Å². The Bertz CT molecular complexity index is 2110. The van der Waals surface area contributed by atoms with Crippen molar-refractivity contribution >= 4 is 45.9 Å². The average molecular weight is 783 g/mol. The van der Waals surface area contributed by atoms with E-state index in [0.29, 0.717) is 48.8 Å². The fourth-order valence-electron chi connectivity index (χ4n) is 8.65. The molecular formula is C42H55FN10O4. The molecule has 0 bridgehead atoms. The first-order chi connectivity index (χ1) is 27.7. The Hall–Kier alpha value is -5.47. The zero-order valence-corrected chi connectivity index (χ0v) is 32.7. The Labute approximate surface area is 332 Å². The summed E-state index contributed by atoms with van der Waals surface area (Å²) in [6.45, 7) is 3.04. The van der Waals surface area contributed by atoms with E-state index >= 15 is 0 Å². The SMILES string of the molecule is CNC(=O)N1CCC[C@@H](N(C(=O)NCc2cc3cc(C4CC4)ccc3[nH]2)C2CC2)C1.NC(=O)N1CCC[C@@H](N(C(=O)NCc2[nH]c3ccccc3c2F)C2CC2)C1. The zero-order valence-electron chi connectivity index (χ0n) is 32.7. The highest BCUT2D eigenvalue weighted by Gasteiger charge is 2.41. The lowest BCUT2D eigenvalue weighted by Crippen LogP contribution is -2.56. The fourth-order valence-corrected chi connectivity index (χ4v) is 8.65. The molecule has 304 valence electrons. The van der Waals surface area contributed by atoms with Crippen LogP contribution in [0.2, 0.25) is 0 Å². The maximum atomic E-state index is 14.5. The lowest BCUT2D eigenvalue weighted by molar-refractivity contribution is 0.116. The van der Waals surface area contributed by atoms with Crippen molar-refractivity contribution in [3.63, 3.8) is 0 Å². The van der Waals surface area contributed by atoms with E-state index in [-0.39, 0.29) is 48.6 Å². The van der Waals surface area contributed by atoms with E-state index in [1.807, 2.05) is 20.8 Å². The van der Waals surface area contributed by atoms with Crippen LogP contribution in [0, 0.1) is 5.82 Å². The van der Waals surface area contributed by atoms with E-state index in [9.17, 15) is 23.6 Å².